The predicted molar refractivity (Wildman–Crippen MR) is 106 cm³/mol. The molecule has 0 aliphatic carbocycles. The molecule has 8 nitrogen and oxygen atoms in total. The van der Waals surface area contributed by atoms with Crippen LogP contribution >= 0.6 is 0 Å². The summed E-state index contributed by atoms with van der Waals surface area (Å²) < 4.78 is 64.7. The van der Waals surface area contributed by atoms with Gasteiger partial charge in [0.15, 0.2) is 0 Å². The van der Waals surface area contributed by atoms with Crippen molar-refractivity contribution < 1.29 is 31.6 Å². The van der Waals surface area contributed by atoms with E-state index in [1.54, 1.807) is 7.05 Å². The first-order chi connectivity index (χ1) is 15.6. The molecule has 12 heteroatoms. The number of hydrogen-bond donors (Lipinski definition) is 1. The van der Waals surface area contributed by atoms with Crippen LogP contribution in [-0.2, 0) is 19.8 Å². The van der Waals surface area contributed by atoms with Crippen LogP contribution in [-0.4, -0.2) is 25.8 Å². The zero-order valence-corrected chi connectivity index (χ0v) is 16.9. The molecule has 0 radical (unpaired) electrons. The standard InChI is InChI=1S/C21H15F4N5O3/c1-30-17(10-32-13-5-3-12(4-6-13)21(23,24)25)15(9-27-30)20-28-19(29-33-20)14-8-11(18(26)31)2-7-16(14)22/h2-9H,10H2,1H3,(H2,26,31). The Morgan fingerprint density at radius 1 is 1.15 bits per heavy atom. The van der Waals surface area contributed by atoms with Crippen LogP contribution in [0.25, 0.3) is 22.8 Å². The van der Waals surface area contributed by atoms with Crippen LogP contribution in [0.2, 0.25) is 0 Å². The maximum Gasteiger partial charge on any atom is 0.416 e. The number of aryl methyl sites for hydroxylation is 1. The highest BCUT2D eigenvalue weighted by atomic mass is 19.4. The van der Waals surface area contributed by atoms with Gasteiger partial charge in [-0.1, -0.05) is 5.16 Å². The number of ether oxygens (including phenoxy) is 1. The summed E-state index contributed by atoms with van der Waals surface area (Å²) in [6.45, 7) is -0.0690. The van der Waals surface area contributed by atoms with Crippen LogP contribution in [0.5, 0.6) is 5.75 Å². The Morgan fingerprint density at radius 2 is 1.88 bits per heavy atom. The summed E-state index contributed by atoms with van der Waals surface area (Å²) in [4.78, 5) is 15.6. The molecule has 0 saturated heterocycles. The molecule has 0 atom stereocenters. The van der Waals surface area contributed by atoms with Crippen molar-refractivity contribution >= 4 is 5.91 Å². The third kappa shape index (κ3) is 4.54. The number of alkyl halides is 3. The molecule has 2 aromatic heterocycles. The van der Waals surface area contributed by atoms with Crippen LogP contribution in [0.1, 0.15) is 21.6 Å². The minimum Gasteiger partial charge on any atom is -0.487 e. The number of amides is 1. The van der Waals surface area contributed by atoms with E-state index in [1.807, 2.05) is 0 Å². The van der Waals surface area contributed by atoms with E-state index in [9.17, 15) is 22.4 Å². The number of halogens is 4. The van der Waals surface area contributed by atoms with E-state index in [2.05, 4.69) is 15.2 Å². The second-order valence-corrected chi connectivity index (χ2v) is 6.92. The maximum atomic E-state index is 14.2. The van der Waals surface area contributed by atoms with Gasteiger partial charge < -0.3 is 15.0 Å². The quantitative estimate of drug-likeness (QED) is 0.435. The second kappa shape index (κ2) is 8.37. The molecule has 0 saturated carbocycles. The van der Waals surface area contributed by atoms with E-state index in [-0.39, 0.29) is 35.2 Å². The van der Waals surface area contributed by atoms with Gasteiger partial charge in [0, 0.05) is 12.6 Å². The van der Waals surface area contributed by atoms with Crippen LogP contribution in [0, 0.1) is 5.82 Å². The predicted octanol–water partition coefficient (Wildman–Crippen LogP) is 3.97. The summed E-state index contributed by atoms with van der Waals surface area (Å²) in [5.74, 6) is -1.30. The van der Waals surface area contributed by atoms with Crippen molar-refractivity contribution in [3.63, 3.8) is 0 Å². The maximum absolute atomic E-state index is 14.2. The summed E-state index contributed by atoms with van der Waals surface area (Å²) in [7, 11) is 1.63. The first-order valence-corrected chi connectivity index (χ1v) is 9.38. The molecule has 170 valence electrons. The lowest BCUT2D eigenvalue weighted by atomic mass is 10.1. The normalized spacial score (nSPS) is 11.5. The van der Waals surface area contributed by atoms with Crippen LogP contribution in [0.4, 0.5) is 17.6 Å². The van der Waals surface area contributed by atoms with Crippen molar-refractivity contribution in [1.82, 2.24) is 19.9 Å². The molecule has 2 heterocycles. The molecular weight excluding hydrogens is 446 g/mol. The topological polar surface area (TPSA) is 109 Å². The molecular formula is C21H15F4N5O3. The van der Waals surface area contributed by atoms with Gasteiger partial charge in [0.05, 0.1) is 28.6 Å². The van der Waals surface area contributed by atoms with Gasteiger partial charge in [0.2, 0.25) is 11.7 Å². The van der Waals surface area contributed by atoms with Gasteiger partial charge in [-0.05, 0) is 42.5 Å². The summed E-state index contributed by atoms with van der Waals surface area (Å²) in [5.41, 5.74) is 5.31. The number of carbonyl (C=O) groups excluding carboxylic acids is 1. The Bertz CT molecular complexity index is 1310. The Balaban J connectivity index is 1.57. The number of rotatable bonds is 6. The average molecular weight is 461 g/mol. The zero-order valence-electron chi connectivity index (χ0n) is 16.9. The summed E-state index contributed by atoms with van der Waals surface area (Å²) in [6, 6.07) is 7.76. The molecule has 4 aromatic rings. The largest absolute Gasteiger partial charge is 0.487 e. The lowest BCUT2D eigenvalue weighted by Gasteiger charge is -2.10. The van der Waals surface area contributed by atoms with E-state index >= 15 is 0 Å². The molecule has 33 heavy (non-hydrogen) atoms. The van der Waals surface area contributed by atoms with E-state index in [4.69, 9.17) is 15.0 Å². The van der Waals surface area contributed by atoms with Gasteiger partial charge in [-0.3, -0.25) is 9.48 Å². The molecule has 0 unspecified atom stereocenters. The first kappa shape index (κ1) is 22.0. The molecule has 2 aromatic carbocycles. The number of carbonyl (C=O) groups is 1. The smallest absolute Gasteiger partial charge is 0.416 e. The molecule has 0 fully saturated rings. The number of primary amides is 1. The molecule has 1 amide bonds. The molecule has 0 aliphatic rings. The van der Waals surface area contributed by atoms with Crippen LogP contribution in [0.15, 0.2) is 53.2 Å². The molecule has 4 rings (SSSR count). The lowest BCUT2D eigenvalue weighted by Crippen LogP contribution is -2.11. The number of nitrogens with two attached hydrogens (primary N) is 1. The van der Waals surface area contributed by atoms with E-state index in [0.717, 1.165) is 18.2 Å². The first-order valence-electron chi connectivity index (χ1n) is 9.38. The Kier molecular flexibility index (Phi) is 5.58. The highest BCUT2D eigenvalue weighted by Crippen LogP contribution is 2.31. The van der Waals surface area contributed by atoms with Crippen molar-refractivity contribution in [3.8, 4) is 28.6 Å². The Hall–Kier alpha value is -4.22. The Labute approximate surface area is 183 Å². The minimum absolute atomic E-state index is 0.00741. The van der Waals surface area contributed by atoms with Crippen molar-refractivity contribution in [3.05, 3.63) is 71.3 Å². The van der Waals surface area contributed by atoms with Crippen molar-refractivity contribution in [2.45, 2.75) is 12.8 Å². The van der Waals surface area contributed by atoms with Gasteiger partial charge in [0.25, 0.3) is 5.89 Å². The third-order valence-electron chi connectivity index (χ3n) is 4.77. The fraction of sp³-hybridized carbons (Fsp3) is 0.143. The number of hydrogen-bond acceptors (Lipinski definition) is 6. The van der Waals surface area contributed by atoms with Crippen LogP contribution < -0.4 is 10.5 Å². The van der Waals surface area contributed by atoms with Crippen LogP contribution in [0.3, 0.4) is 0 Å². The SMILES string of the molecule is Cn1ncc(-c2nc(-c3cc(C(N)=O)ccc3F)no2)c1COc1ccc(C(F)(F)F)cc1. The zero-order chi connectivity index (χ0) is 23.8. The molecule has 0 aliphatic heterocycles. The van der Waals surface area contributed by atoms with Gasteiger partial charge in [0.1, 0.15) is 18.2 Å². The Morgan fingerprint density at radius 3 is 2.55 bits per heavy atom. The number of nitrogens with zero attached hydrogens (tertiary/aromatic N) is 4. The van der Waals surface area contributed by atoms with Gasteiger partial charge in [-0.2, -0.15) is 23.3 Å². The summed E-state index contributed by atoms with van der Waals surface area (Å²) in [5, 5.41) is 7.88. The minimum atomic E-state index is -4.44. The van der Waals surface area contributed by atoms with Crippen molar-refractivity contribution in [2.24, 2.45) is 12.8 Å². The number of aromatic nitrogens is 4. The summed E-state index contributed by atoms with van der Waals surface area (Å²) in [6.07, 6.45) is -3.02. The van der Waals surface area contributed by atoms with Gasteiger partial charge in [-0.25, -0.2) is 4.39 Å². The van der Waals surface area contributed by atoms with E-state index in [0.29, 0.717) is 11.3 Å². The fourth-order valence-electron chi connectivity index (χ4n) is 3.00. The van der Waals surface area contributed by atoms with Gasteiger partial charge in [-0.15, -0.1) is 0 Å². The second-order valence-electron chi connectivity index (χ2n) is 6.92. The molecule has 2 N–H and O–H groups in total. The monoisotopic (exact) mass is 461 g/mol. The number of benzene rings is 2. The average Bonchev–Trinajstić information content (AvgIpc) is 3.39. The van der Waals surface area contributed by atoms with Crippen molar-refractivity contribution in [1.29, 1.82) is 0 Å². The van der Waals surface area contributed by atoms with Crippen molar-refractivity contribution in [2.75, 3.05) is 0 Å². The molecule has 0 bridgehead atoms. The highest BCUT2D eigenvalue weighted by molar-refractivity contribution is 5.93. The fourth-order valence-corrected chi connectivity index (χ4v) is 3.00. The summed E-state index contributed by atoms with van der Waals surface area (Å²) >= 11 is 0. The third-order valence-corrected chi connectivity index (χ3v) is 4.77. The lowest BCUT2D eigenvalue weighted by molar-refractivity contribution is -0.137. The molecule has 0 spiro atoms. The van der Waals surface area contributed by atoms with E-state index < -0.39 is 23.5 Å². The van der Waals surface area contributed by atoms with E-state index in [1.165, 1.54) is 35.1 Å². The highest BCUT2D eigenvalue weighted by Gasteiger charge is 2.30. The van der Waals surface area contributed by atoms with Gasteiger partial charge >= 0.3 is 6.18 Å².